The van der Waals surface area contributed by atoms with Crippen LogP contribution in [0.5, 0.6) is 0 Å². The molecule has 3 rings (SSSR count). The quantitative estimate of drug-likeness (QED) is 0.698. The highest BCUT2D eigenvalue weighted by atomic mass is 32.2. The van der Waals surface area contributed by atoms with Crippen LogP contribution < -0.4 is 0 Å². The summed E-state index contributed by atoms with van der Waals surface area (Å²) in [7, 11) is 0. The monoisotopic (exact) mass is 350 g/mol. The molecule has 0 N–H and O–H groups in total. The summed E-state index contributed by atoms with van der Waals surface area (Å²) in [6, 6.07) is 2.53. The largest absolute Gasteiger partial charge is 0.456 e. The van der Waals surface area contributed by atoms with Crippen molar-refractivity contribution in [2.75, 3.05) is 31.9 Å². The first-order valence-electron chi connectivity index (χ1n) is 9.39. The lowest BCUT2D eigenvalue weighted by atomic mass is 10.0. The average Bonchev–Trinajstić information content (AvgIpc) is 2.92. The molecule has 0 unspecified atom stereocenters. The molecule has 3 heterocycles. The number of carbonyl (C=O) groups is 1. The van der Waals surface area contributed by atoms with Gasteiger partial charge < -0.3 is 9.32 Å². The Labute approximate surface area is 149 Å². The van der Waals surface area contributed by atoms with Crippen LogP contribution in [0, 0.1) is 6.92 Å². The van der Waals surface area contributed by atoms with Gasteiger partial charge in [0.2, 0.25) is 0 Å². The molecule has 0 bridgehead atoms. The Bertz CT molecular complexity index is 546. The predicted octanol–water partition coefficient (Wildman–Crippen LogP) is 3.93. The van der Waals surface area contributed by atoms with E-state index in [2.05, 4.69) is 11.8 Å². The Balaban J connectivity index is 1.49. The molecule has 0 spiro atoms. The van der Waals surface area contributed by atoms with E-state index in [0.717, 1.165) is 24.6 Å². The van der Waals surface area contributed by atoms with Gasteiger partial charge in [-0.15, -0.1) is 0 Å². The van der Waals surface area contributed by atoms with Crippen molar-refractivity contribution in [1.82, 2.24) is 9.80 Å². The summed E-state index contributed by atoms with van der Waals surface area (Å²) in [4.78, 5) is 17.1. The lowest BCUT2D eigenvalue weighted by Gasteiger charge is -2.46. The lowest BCUT2D eigenvalue weighted by molar-refractivity contribution is 0.0181. The van der Waals surface area contributed by atoms with Crippen LogP contribution in [0.25, 0.3) is 0 Å². The van der Waals surface area contributed by atoms with Crippen molar-refractivity contribution in [2.45, 2.75) is 57.7 Å². The van der Waals surface area contributed by atoms with Crippen molar-refractivity contribution in [3.63, 3.8) is 0 Å². The number of aryl methyl sites for hydroxylation is 1. The lowest BCUT2D eigenvalue weighted by Crippen LogP contribution is -2.61. The number of hydrogen-bond donors (Lipinski definition) is 0. The van der Waals surface area contributed by atoms with E-state index >= 15 is 0 Å². The van der Waals surface area contributed by atoms with Crippen LogP contribution in [-0.4, -0.2) is 53.7 Å². The van der Waals surface area contributed by atoms with Gasteiger partial charge in [0, 0.05) is 30.4 Å². The van der Waals surface area contributed by atoms with Crippen molar-refractivity contribution in [1.29, 1.82) is 0 Å². The second kappa shape index (κ2) is 8.43. The molecule has 0 radical (unpaired) electrons. The number of thioether (sulfide) groups is 1. The summed E-state index contributed by atoms with van der Waals surface area (Å²) in [5.41, 5.74) is 1.17. The number of unbranched alkanes of at least 4 members (excludes halogenated alkanes) is 1. The number of carbonyl (C=O) groups excluding carboxylic acids is 1. The fraction of sp³-hybridized carbons (Fsp3) is 0.737. The molecule has 0 saturated carbocycles. The molecule has 5 heteroatoms. The first-order chi connectivity index (χ1) is 11.7. The Morgan fingerprint density at radius 2 is 2.04 bits per heavy atom. The van der Waals surface area contributed by atoms with Gasteiger partial charge in [-0.2, -0.15) is 11.8 Å². The highest BCUT2D eigenvalue weighted by molar-refractivity contribution is 7.98. The van der Waals surface area contributed by atoms with Crippen molar-refractivity contribution in [2.24, 2.45) is 0 Å². The molecular weight excluding hydrogens is 320 g/mol. The third-order valence-corrected chi connectivity index (χ3v) is 6.28. The van der Waals surface area contributed by atoms with Gasteiger partial charge in [-0.25, -0.2) is 0 Å². The number of piperidine rings is 1. The number of furan rings is 1. The number of nitrogens with zero attached hydrogens (tertiary/aromatic N) is 2. The zero-order chi connectivity index (χ0) is 16.9. The van der Waals surface area contributed by atoms with Crippen LogP contribution >= 0.6 is 11.8 Å². The highest BCUT2D eigenvalue weighted by Crippen LogP contribution is 2.25. The second-order valence-electron chi connectivity index (χ2n) is 7.06. The molecule has 2 saturated heterocycles. The van der Waals surface area contributed by atoms with E-state index in [9.17, 15) is 4.79 Å². The van der Waals surface area contributed by atoms with Gasteiger partial charge in [-0.3, -0.25) is 9.69 Å². The van der Waals surface area contributed by atoms with Gasteiger partial charge >= 0.3 is 0 Å². The van der Waals surface area contributed by atoms with Crippen LogP contribution in [-0.2, 0) is 5.75 Å². The molecule has 2 fully saturated rings. The third kappa shape index (κ3) is 4.17. The minimum Gasteiger partial charge on any atom is -0.456 e. The van der Waals surface area contributed by atoms with Crippen molar-refractivity contribution in [3.8, 4) is 0 Å². The van der Waals surface area contributed by atoms with Crippen LogP contribution in [0.15, 0.2) is 10.5 Å². The molecule has 2 aliphatic rings. The van der Waals surface area contributed by atoms with Crippen LogP contribution in [0.2, 0.25) is 0 Å². The second-order valence-corrected chi connectivity index (χ2v) is 8.16. The zero-order valence-corrected chi connectivity index (χ0v) is 15.9. The third-order valence-electron chi connectivity index (χ3n) is 5.19. The summed E-state index contributed by atoms with van der Waals surface area (Å²) in [5.74, 6) is 3.61. The summed E-state index contributed by atoms with van der Waals surface area (Å²) in [5, 5.41) is 0. The maximum absolute atomic E-state index is 12.6. The molecule has 24 heavy (non-hydrogen) atoms. The van der Waals surface area contributed by atoms with Gasteiger partial charge in [0.15, 0.2) is 5.76 Å². The SMILES string of the molecule is CCCCSCc1cc(C(=O)N2CC(N3CCCCC3)C2)oc1C. The topological polar surface area (TPSA) is 36.7 Å². The number of rotatable bonds is 7. The minimum absolute atomic E-state index is 0.0659. The summed E-state index contributed by atoms with van der Waals surface area (Å²) >= 11 is 1.93. The molecule has 2 aliphatic heterocycles. The van der Waals surface area contributed by atoms with Crippen LogP contribution in [0.4, 0.5) is 0 Å². The normalized spacial score (nSPS) is 19.5. The molecule has 0 atom stereocenters. The predicted molar refractivity (Wildman–Crippen MR) is 99.6 cm³/mol. The Morgan fingerprint density at radius 3 is 2.75 bits per heavy atom. The highest BCUT2D eigenvalue weighted by Gasteiger charge is 2.36. The van der Waals surface area contributed by atoms with Crippen LogP contribution in [0.3, 0.4) is 0 Å². The molecule has 1 aromatic rings. The smallest absolute Gasteiger partial charge is 0.289 e. The van der Waals surface area contributed by atoms with Crippen molar-refractivity contribution >= 4 is 17.7 Å². The maximum Gasteiger partial charge on any atom is 0.289 e. The maximum atomic E-state index is 12.6. The van der Waals surface area contributed by atoms with E-state index in [4.69, 9.17) is 4.42 Å². The molecule has 0 aliphatic carbocycles. The first kappa shape index (κ1) is 17.9. The van der Waals surface area contributed by atoms with Gasteiger partial charge in [-0.05, 0) is 51.1 Å². The van der Waals surface area contributed by atoms with E-state index in [1.807, 2.05) is 29.7 Å². The average molecular weight is 351 g/mol. The summed E-state index contributed by atoms with van der Waals surface area (Å²) in [6.07, 6.45) is 6.45. The molecule has 1 aromatic heterocycles. The molecular formula is C19H30N2O2S. The standard InChI is InChI=1S/C19H30N2O2S/c1-3-4-10-24-14-16-11-18(23-15(16)2)19(22)21-12-17(13-21)20-8-6-5-7-9-20/h11,17H,3-10,12-14H2,1-2H3. The number of hydrogen-bond acceptors (Lipinski definition) is 4. The fourth-order valence-corrected chi connectivity index (χ4v) is 4.63. The van der Waals surface area contributed by atoms with E-state index in [1.54, 1.807) is 0 Å². The van der Waals surface area contributed by atoms with E-state index in [-0.39, 0.29) is 5.91 Å². The minimum atomic E-state index is 0.0659. The van der Waals surface area contributed by atoms with Crippen molar-refractivity contribution < 1.29 is 9.21 Å². The van der Waals surface area contributed by atoms with E-state index in [1.165, 1.54) is 56.5 Å². The molecule has 134 valence electrons. The Morgan fingerprint density at radius 1 is 1.29 bits per heavy atom. The van der Waals surface area contributed by atoms with E-state index < -0.39 is 0 Å². The summed E-state index contributed by atoms with van der Waals surface area (Å²) in [6.45, 7) is 8.31. The fourth-order valence-electron chi connectivity index (χ4n) is 3.49. The molecule has 1 amide bonds. The number of amides is 1. The van der Waals surface area contributed by atoms with Gasteiger partial charge in [0.1, 0.15) is 5.76 Å². The Hall–Kier alpha value is -0.940. The molecule has 0 aromatic carbocycles. The van der Waals surface area contributed by atoms with E-state index in [0.29, 0.717) is 11.8 Å². The summed E-state index contributed by atoms with van der Waals surface area (Å²) < 4.78 is 5.75. The van der Waals surface area contributed by atoms with Gasteiger partial charge in [0.25, 0.3) is 5.91 Å². The molecule has 4 nitrogen and oxygen atoms in total. The zero-order valence-electron chi connectivity index (χ0n) is 15.1. The van der Waals surface area contributed by atoms with Gasteiger partial charge in [0.05, 0.1) is 0 Å². The van der Waals surface area contributed by atoms with Crippen molar-refractivity contribution in [3.05, 3.63) is 23.2 Å². The number of likely N-dealkylation sites (tertiary alicyclic amines) is 2. The van der Waals surface area contributed by atoms with Gasteiger partial charge in [-0.1, -0.05) is 19.8 Å². The Kier molecular flexibility index (Phi) is 6.28. The first-order valence-corrected chi connectivity index (χ1v) is 10.5. The van der Waals surface area contributed by atoms with Crippen LogP contribution in [0.1, 0.15) is 60.9 Å².